The minimum Gasteiger partial charge on any atom is -0.359 e. The van der Waals surface area contributed by atoms with Gasteiger partial charge in [0.25, 0.3) is 0 Å². The average molecular weight is 387 g/mol. The van der Waals surface area contributed by atoms with Crippen LogP contribution in [0.1, 0.15) is 41.9 Å². The molecule has 5 rings (SSSR count). The molecular formula is C23H26N6. The van der Waals surface area contributed by atoms with Crippen LogP contribution in [0.2, 0.25) is 0 Å². The van der Waals surface area contributed by atoms with Gasteiger partial charge in [0.2, 0.25) is 0 Å². The number of aryl methyl sites for hydroxylation is 3. The fraction of sp³-hybridized carbons (Fsp3) is 0.348. The van der Waals surface area contributed by atoms with E-state index in [0.29, 0.717) is 5.92 Å². The van der Waals surface area contributed by atoms with E-state index >= 15 is 0 Å². The molecule has 1 N–H and O–H groups in total. The Morgan fingerprint density at radius 1 is 0.966 bits per heavy atom. The lowest BCUT2D eigenvalue weighted by molar-refractivity contribution is 0.513. The molecule has 2 atom stereocenters. The van der Waals surface area contributed by atoms with Gasteiger partial charge >= 0.3 is 0 Å². The van der Waals surface area contributed by atoms with Gasteiger partial charge in [0.05, 0.1) is 35.2 Å². The molecular weight excluding hydrogens is 360 g/mol. The summed E-state index contributed by atoms with van der Waals surface area (Å²) in [6.07, 6.45) is 4.57. The topological polar surface area (TPSA) is 62.6 Å². The summed E-state index contributed by atoms with van der Waals surface area (Å²) in [6.45, 7) is 9.70. The number of aromatic nitrogens is 5. The third kappa shape index (κ3) is 2.99. The van der Waals surface area contributed by atoms with Crippen LogP contribution >= 0.6 is 0 Å². The minimum atomic E-state index is 0.193. The molecule has 0 radical (unpaired) electrons. The van der Waals surface area contributed by atoms with Crippen molar-refractivity contribution in [3.05, 3.63) is 65.2 Å². The van der Waals surface area contributed by atoms with Gasteiger partial charge in [-0.05, 0) is 68.0 Å². The van der Waals surface area contributed by atoms with E-state index in [2.05, 4.69) is 78.1 Å². The van der Waals surface area contributed by atoms with Gasteiger partial charge in [-0.25, -0.2) is 4.98 Å². The van der Waals surface area contributed by atoms with E-state index in [-0.39, 0.29) is 6.04 Å². The number of rotatable bonds is 3. The first-order chi connectivity index (χ1) is 14.0. The molecule has 4 aromatic rings. The molecule has 1 fully saturated rings. The number of H-pyrrole nitrogens is 1. The van der Waals surface area contributed by atoms with Crippen molar-refractivity contribution >= 4 is 16.7 Å². The normalized spacial score (nSPS) is 19.4. The minimum absolute atomic E-state index is 0.193. The van der Waals surface area contributed by atoms with Gasteiger partial charge in [-0.1, -0.05) is 19.1 Å². The summed E-state index contributed by atoms with van der Waals surface area (Å²) < 4.78 is 0. The summed E-state index contributed by atoms with van der Waals surface area (Å²) in [5.41, 5.74) is 8.05. The first kappa shape index (κ1) is 17.9. The number of benzene rings is 2. The SMILES string of the molecule is Cc1ccc(-n2nccn2)c(N2CC[C@H](C)[C@H]2c2nc3c(C)cc(C)cc3[nH]2)c1. The van der Waals surface area contributed by atoms with Gasteiger partial charge in [0.1, 0.15) is 11.5 Å². The van der Waals surface area contributed by atoms with Gasteiger partial charge in [-0.15, -0.1) is 4.80 Å². The molecule has 0 unspecified atom stereocenters. The fourth-order valence-electron chi connectivity index (χ4n) is 4.64. The molecule has 1 saturated heterocycles. The molecule has 3 heterocycles. The predicted molar refractivity (Wildman–Crippen MR) is 116 cm³/mol. The molecule has 2 aromatic heterocycles. The van der Waals surface area contributed by atoms with E-state index in [0.717, 1.165) is 41.2 Å². The summed E-state index contributed by atoms with van der Waals surface area (Å²) in [5, 5.41) is 8.75. The van der Waals surface area contributed by atoms with Crippen LogP contribution in [-0.2, 0) is 0 Å². The zero-order chi connectivity index (χ0) is 20.1. The number of hydrogen-bond acceptors (Lipinski definition) is 4. The van der Waals surface area contributed by atoms with Crippen LogP contribution < -0.4 is 4.90 Å². The zero-order valence-corrected chi connectivity index (χ0v) is 17.3. The van der Waals surface area contributed by atoms with Crippen molar-refractivity contribution < 1.29 is 0 Å². The van der Waals surface area contributed by atoms with E-state index in [1.807, 2.05) is 0 Å². The molecule has 148 valence electrons. The lowest BCUT2D eigenvalue weighted by Crippen LogP contribution is -2.27. The van der Waals surface area contributed by atoms with Crippen LogP contribution in [0.3, 0.4) is 0 Å². The smallest absolute Gasteiger partial charge is 0.130 e. The molecule has 1 aliphatic rings. The Balaban J connectivity index is 1.64. The Bertz CT molecular complexity index is 1170. The van der Waals surface area contributed by atoms with E-state index in [9.17, 15) is 0 Å². The third-order valence-electron chi connectivity index (χ3n) is 5.99. The second-order valence-electron chi connectivity index (χ2n) is 8.31. The highest BCUT2D eigenvalue weighted by molar-refractivity contribution is 5.80. The third-order valence-corrected chi connectivity index (χ3v) is 5.99. The summed E-state index contributed by atoms with van der Waals surface area (Å²) in [5.74, 6) is 1.54. The monoisotopic (exact) mass is 386 g/mol. The van der Waals surface area contributed by atoms with Crippen molar-refractivity contribution in [1.82, 2.24) is 25.0 Å². The summed E-state index contributed by atoms with van der Waals surface area (Å²) >= 11 is 0. The molecule has 29 heavy (non-hydrogen) atoms. The lowest BCUT2D eigenvalue weighted by Gasteiger charge is -2.29. The Labute approximate surface area is 170 Å². The number of nitrogens with zero attached hydrogens (tertiary/aromatic N) is 5. The van der Waals surface area contributed by atoms with Crippen LogP contribution in [-0.4, -0.2) is 31.5 Å². The van der Waals surface area contributed by atoms with Crippen molar-refractivity contribution in [2.45, 2.75) is 40.2 Å². The van der Waals surface area contributed by atoms with Crippen molar-refractivity contribution in [2.75, 3.05) is 11.4 Å². The Morgan fingerprint density at radius 2 is 1.76 bits per heavy atom. The fourth-order valence-corrected chi connectivity index (χ4v) is 4.64. The van der Waals surface area contributed by atoms with Crippen LogP contribution in [0.5, 0.6) is 0 Å². The van der Waals surface area contributed by atoms with Crippen molar-refractivity contribution in [3.63, 3.8) is 0 Å². The standard InChI is InChI=1S/C23H26N6/c1-14-5-6-19(29-24-8-9-25-29)20(13-14)28-10-7-16(3)22(28)23-26-18-12-15(2)11-17(4)21(18)27-23/h5-6,8-9,11-13,16,22H,7,10H2,1-4H3,(H,26,27)/t16-,22-/m0/s1. The summed E-state index contributed by atoms with van der Waals surface area (Å²) in [4.78, 5) is 12.8. The molecule has 0 aliphatic carbocycles. The van der Waals surface area contributed by atoms with Crippen LogP contribution in [0.25, 0.3) is 16.7 Å². The number of fused-ring (bicyclic) bond motifs is 1. The average Bonchev–Trinajstić information content (AvgIpc) is 3.40. The number of hydrogen-bond donors (Lipinski definition) is 1. The molecule has 6 heteroatoms. The lowest BCUT2D eigenvalue weighted by atomic mass is 10.0. The van der Waals surface area contributed by atoms with Gasteiger partial charge in [0, 0.05) is 6.54 Å². The summed E-state index contributed by atoms with van der Waals surface area (Å²) in [7, 11) is 0. The van der Waals surface area contributed by atoms with Gasteiger partial charge < -0.3 is 9.88 Å². The Morgan fingerprint density at radius 3 is 2.55 bits per heavy atom. The van der Waals surface area contributed by atoms with Gasteiger partial charge in [0.15, 0.2) is 0 Å². The molecule has 1 aliphatic heterocycles. The molecule has 0 saturated carbocycles. The highest BCUT2D eigenvalue weighted by Crippen LogP contribution is 2.42. The predicted octanol–water partition coefficient (Wildman–Crippen LogP) is 4.66. The number of aromatic amines is 1. The van der Waals surface area contributed by atoms with E-state index in [4.69, 9.17) is 4.98 Å². The number of nitrogens with one attached hydrogen (secondary N) is 1. The second-order valence-corrected chi connectivity index (χ2v) is 8.31. The largest absolute Gasteiger partial charge is 0.359 e. The molecule has 0 amide bonds. The quantitative estimate of drug-likeness (QED) is 0.556. The zero-order valence-electron chi connectivity index (χ0n) is 17.3. The molecule has 0 spiro atoms. The van der Waals surface area contributed by atoms with E-state index in [1.54, 1.807) is 17.2 Å². The van der Waals surface area contributed by atoms with Crippen LogP contribution in [0.4, 0.5) is 5.69 Å². The van der Waals surface area contributed by atoms with Crippen molar-refractivity contribution in [1.29, 1.82) is 0 Å². The maximum absolute atomic E-state index is 5.04. The molecule has 0 bridgehead atoms. The van der Waals surface area contributed by atoms with E-state index in [1.165, 1.54) is 16.7 Å². The first-order valence-corrected chi connectivity index (χ1v) is 10.2. The second kappa shape index (κ2) is 6.72. The Hall–Kier alpha value is -3.15. The van der Waals surface area contributed by atoms with E-state index < -0.39 is 0 Å². The van der Waals surface area contributed by atoms with Gasteiger partial charge in [-0.3, -0.25) is 0 Å². The first-order valence-electron chi connectivity index (χ1n) is 10.2. The van der Waals surface area contributed by atoms with Crippen LogP contribution in [0, 0.1) is 26.7 Å². The molecule has 2 aromatic carbocycles. The number of imidazole rings is 1. The highest BCUT2D eigenvalue weighted by atomic mass is 15.5. The highest BCUT2D eigenvalue weighted by Gasteiger charge is 2.36. The maximum atomic E-state index is 5.04. The Kier molecular flexibility index (Phi) is 4.15. The number of anilines is 1. The van der Waals surface area contributed by atoms with Crippen LogP contribution in [0.15, 0.2) is 42.7 Å². The molecule has 6 nitrogen and oxygen atoms in total. The van der Waals surface area contributed by atoms with Crippen molar-refractivity contribution in [2.24, 2.45) is 5.92 Å². The van der Waals surface area contributed by atoms with Crippen molar-refractivity contribution in [3.8, 4) is 5.69 Å². The maximum Gasteiger partial charge on any atom is 0.130 e. The summed E-state index contributed by atoms with van der Waals surface area (Å²) in [6, 6.07) is 11.0. The van der Waals surface area contributed by atoms with Gasteiger partial charge in [-0.2, -0.15) is 10.2 Å².